The van der Waals surface area contributed by atoms with Crippen molar-refractivity contribution < 1.29 is 0 Å². The Morgan fingerprint density at radius 3 is 2.71 bits per heavy atom. The van der Waals surface area contributed by atoms with Crippen molar-refractivity contribution in [3.63, 3.8) is 0 Å². The van der Waals surface area contributed by atoms with Gasteiger partial charge in [-0.15, -0.1) is 0 Å². The fraction of sp³-hybridized carbons (Fsp3) is 0.462. The molecule has 0 spiro atoms. The first-order valence-electron chi connectivity index (χ1n) is 5.95. The van der Waals surface area contributed by atoms with Crippen LogP contribution in [0.4, 0.5) is 0 Å². The number of fused-ring (bicyclic) bond motifs is 1. The Morgan fingerprint density at radius 1 is 1.41 bits per heavy atom. The van der Waals surface area contributed by atoms with Gasteiger partial charge in [0.2, 0.25) is 0 Å². The first kappa shape index (κ1) is 12.4. The number of halogens is 1. The largest absolute Gasteiger partial charge is 0.328 e. The second-order valence-corrected chi connectivity index (χ2v) is 4.93. The van der Waals surface area contributed by atoms with E-state index in [1.165, 1.54) is 0 Å². The molecule has 0 aliphatic rings. The highest BCUT2D eigenvalue weighted by atomic mass is 35.5. The molecule has 17 heavy (non-hydrogen) atoms. The van der Waals surface area contributed by atoms with Crippen molar-refractivity contribution in [2.75, 3.05) is 0 Å². The van der Waals surface area contributed by atoms with Gasteiger partial charge >= 0.3 is 0 Å². The predicted molar refractivity (Wildman–Crippen MR) is 72.5 cm³/mol. The van der Waals surface area contributed by atoms with Gasteiger partial charge in [-0.1, -0.05) is 18.5 Å². The van der Waals surface area contributed by atoms with Crippen molar-refractivity contribution in [1.29, 1.82) is 0 Å². The number of hydrogen-bond donors (Lipinski definition) is 1. The van der Waals surface area contributed by atoms with Crippen molar-refractivity contribution in [1.82, 2.24) is 9.55 Å². The van der Waals surface area contributed by atoms with Gasteiger partial charge in [0.1, 0.15) is 5.82 Å². The molecular formula is C13H18ClN3. The summed E-state index contributed by atoms with van der Waals surface area (Å²) in [6.07, 6.45) is 0. The van der Waals surface area contributed by atoms with E-state index in [4.69, 9.17) is 17.3 Å². The van der Waals surface area contributed by atoms with Crippen LogP contribution in [0.3, 0.4) is 0 Å². The number of hydrogen-bond acceptors (Lipinski definition) is 2. The Kier molecular flexibility index (Phi) is 3.40. The average Bonchev–Trinajstić information content (AvgIpc) is 2.65. The van der Waals surface area contributed by atoms with E-state index in [1.807, 2.05) is 25.1 Å². The van der Waals surface area contributed by atoms with E-state index >= 15 is 0 Å². The van der Waals surface area contributed by atoms with Gasteiger partial charge in [-0.05, 0) is 32.0 Å². The van der Waals surface area contributed by atoms with Gasteiger partial charge < -0.3 is 10.3 Å². The van der Waals surface area contributed by atoms with E-state index in [9.17, 15) is 0 Å². The monoisotopic (exact) mass is 251 g/mol. The van der Waals surface area contributed by atoms with Crippen LogP contribution in [0.5, 0.6) is 0 Å². The molecule has 0 radical (unpaired) electrons. The molecule has 2 rings (SSSR count). The number of benzene rings is 1. The van der Waals surface area contributed by atoms with Crippen LogP contribution >= 0.6 is 11.6 Å². The van der Waals surface area contributed by atoms with Gasteiger partial charge in [0.05, 0.1) is 11.0 Å². The zero-order chi connectivity index (χ0) is 12.6. The molecule has 2 unspecified atom stereocenters. The topological polar surface area (TPSA) is 43.8 Å². The summed E-state index contributed by atoms with van der Waals surface area (Å²) in [6, 6.07) is 5.89. The summed E-state index contributed by atoms with van der Waals surface area (Å²) in [5.41, 5.74) is 8.03. The molecule has 92 valence electrons. The Hall–Kier alpha value is -1.06. The fourth-order valence-electron chi connectivity index (χ4n) is 2.03. The molecule has 0 amide bonds. The van der Waals surface area contributed by atoms with Gasteiger partial charge in [0, 0.05) is 23.5 Å². The van der Waals surface area contributed by atoms with E-state index < -0.39 is 0 Å². The summed E-state index contributed by atoms with van der Waals surface area (Å²) >= 11 is 6.03. The number of nitrogens with two attached hydrogens (primary N) is 1. The first-order valence-corrected chi connectivity index (χ1v) is 6.33. The van der Waals surface area contributed by atoms with Gasteiger partial charge in [-0.3, -0.25) is 0 Å². The molecule has 0 saturated heterocycles. The molecular weight excluding hydrogens is 234 g/mol. The van der Waals surface area contributed by atoms with Crippen molar-refractivity contribution in [3.8, 4) is 0 Å². The second-order valence-electron chi connectivity index (χ2n) is 4.50. The highest BCUT2D eigenvalue weighted by Crippen LogP contribution is 2.25. The molecule has 4 heteroatoms. The molecule has 0 bridgehead atoms. The van der Waals surface area contributed by atoms with E-state index in [2.05, 4.69) is 23.4 Å². The van der Waals surface area contributed by atoms with Gasteiger partial charge in [-0.2, -0.15) is 0 Å². The molecule has 2 atom stereocenters. The molecule has 0 fully saturated rings. The number of nitrogens with zero attached hydrogens (tertiary/aromatic N) is 2. The lowest BCUT2D eigenvalue weighted by Crippen LogP contribution is -2.25. The Morgan fingerprint density at radius 2 is 2.12 bits per heavy atom. The third kappa shape index (κ3) is 2.17. The van der Waals surface area contributed by atoms with Crippen LogP contribution in [-0.2, 0) is 6.54 Å². The van der Waals surface area contributed by atoms with Gasteiger partial charge in [0.25, 0.3) is 0 Å². The molecule has 0 saturated carbocycles. The standard InChI is InChI=1S/C13H18ClN3/c1-4-17-12-7-10(14)5-6-11(12)16-13(17)8(2)9(3)15/h5-9H,4,15H2,1-3H3. The summed E-state index contributed by atoms with van der Waals surface area (Å²) < 4.78 is 2.19. The lowest BCUT2D eigenvalue weighted by molar-refractivity contribution is 0.551. The maximum atomic E-state index is 6.03. The van der Waals surface area contributed by atoms with Crippen LogP contribution in [0, 0.1) is 0 Å². The third-order valence-electron chi connectivity index (χ3n) is 3.25. The molecule has 0 aliphatic heterocycles. The van der Waals surface area contributed by atoms with E-state index in [0.29, 0.717) is 0 Å². The lowest BCUT2D eigenvalue weighted by Gasteiger charge is -2.16. The van der Waals surface area contributed by atoms with Crippen LogP contribution in [0.15, 0.2) is 18.2 Å². The minimum absolute atomic E-state index is 0.0904. The van der Waals surface area contributed by atoms with E-state index in [-0.39, 0.29) is 12.0 Å². The lowest BCUT2D eigenvalue weighted by atomic mass is 10.0. The number of rotatable bonds is 3. The minimum Gasteiger partial charge on any atom is -0.328 e. The molecule has 1 aromatic heterocycles. The highest BCUT2D eigenvalue weighted by Gasteiger charge is 2.18. The summed E-state index contributed by atoms with van der Waals surface area (Å²) in [5.74, 6) is 1.28. The molecule has 1 heterocycles. The smallest absolute Gasteiger partial charge is 0.114 e. The van der Waals surface area contributed by atoms with E-state index in [0.717, 1.165) is 28.4 Å². The molecule has 2 aromatic rings. The number of imidazole rings is 1. The third-order valence-corrected chi connectivity index (χ3v) is 3.49. The summed E-state index contributed by atoms with van der Waals surface area (Å²) in [4.78, 5) is 4.67. The Bertz CT molecular complexity index is 531. The van der Waals surface area contributed by atoms with Gasteiger partial charge in [0.15, 0.2) is 0 Å². The summed E-state index contributed by atoms with van der Waals surface area (Å²) in [6.45, 7) is 7.11. The molecule has 3 nitrogen and oxygen atoms in total. The zero-order valence-corrected chi connectivity index (χ0v) is 11.2. The Labute approximate surface area is 107 Å². The van der Waals surface area contributed by atoms with Crippen molar-refractivity contribution in [2.24, 2.45) is 5.73 Å². The van der Waals surface area contributed by atoms with E-state index in [1.54, 1.807) is 0 Å². The van der Waals surface area contributed by atoms with Crippen molar-refractivity contribution >= 4 is 22.6 Å². The maximum Gasteiger partial charge on any atom is 0.114 e. The zero-order valence-electron chi connectivity index (χ0n) is 10.4. The SMILES string of the molecule is CCn1c(C(C)C(C)N)nc2ccc(Cl)cc21. The highest BCUT2D eigenvalue weighted by molar-refractivity contribution is 6.31. The fourth-order valence-corrected chi connectivity index (χ4v) is 2.20. The average molecular weight is 252 g/mol. The minimum atomic E-state index is 0.0904. The quantitative estimate of drug-likeness (QED) is 0.911. The summed E-state index contributed by atoms with van der Waals surface area (Å²) in [7, 11) is 0. The molecule has 2 N–H and O–H groups in total. The molecule has 1 aromatic carbocycles. The van der Waals surface area contributed by atoms with Crippen LogP contribution in [0.2, 0.25) is 5.02 Å². The second kappa shape index (κ2) is 4.67. The van der Waals surface area contributed by atoms with Crippen LogP contribution < -0.4 is 5.73 Å². The van der Waals surface area contributed by atoms with Crippen LogP contribution in [-0.4, -0.2) is 15.6 Å². The van der Waals surface area contributed by atoms with Crippen LogP contribution in [0.25, 0.3) is 11.0 Å². The van der Waals surface area contributed by atoms with Gasteiger partial charge in [-0.25, -0.2) is 4.98 Å². The maximum absolute atomic E-state index is 6.03. The summed E-state index contributed by atoms with van der Waals surface area (Å²) in [5, 5.41) is 0.743. The van der Waals surface area contributed by atoms with Crippen molar-refractivity contribution in [2.45, 2.75) is 39.3 Å². The number of aromatic nitrogens is 2. The molecule has 0 aliphatic carbocycles. The predicted octanol–water partition coefficient (Wildman–Crippen LogP) is 3.16. The normalized spacial score (nSPS) is 15.1. The Balaban J connectivity index is 2.64. The number of aryl methyl sites for hydroxylation is 1. The first-order chi connectivity index (χ1) is 8.04. The van der Waals surface area contributed by atoms with Crippen molar-refractivity contribution in [3.05, 3.63) is 29.0 Å². The van der Waals surface area contributed by atoms with Crippen LogP contribution in [0.1, 0.15) is 32.5 Å².